The van der Waals surface area contributed by atoms with Crippen molar-refractivity contribution in [2.75, 3.05) is 4.72 Å². The summed E-state index contributed by atoms with van der Waals surface area (Å²) in [5.74, 6) is 1.42. The molecule has 0 aliphatic heterocycles. The lowest BCUT2D eigenvalue weighted by Crippen LogP contribution is -1.75. The molecule has 0 spiro atoms. The van der Waals surface area contributed by atoms with Gasteiger partial charge in [-0.3, -0.25) is 0 Å². The summed E-state index contributed by atoms with van der Waals surface area (Å²) in [6, 6.07) is 1.76. The molecule has 3 nitrogen and oxygen atoms in total. The van der Waals surface area contributed by atoms with Crippen LogP contribution in [0.2, 0.25) is 0 Å². The van der Waals surface area contributed by atoms with E-state index in [1.165, 1.54) is 0 Å². The molecule has 0 bridgehead atoms. The topological polar surface area (TPSA) is 38.1 Å². The van der Waals surface area contributed by atoms with E-state index in [4.69, 9.17) is 4.52 Å². The van der Waals surface area contributed by atoms with Gasteiger partial charge in [-0.05, 0) is 6.92 Å². The van der Waals surface area contributed by atoms with E-state index in [1.807, 2.05) is 6.92 Å². The smallest absolute Gasteiger partial charge is 0.179 e. The van der Waals surface area contributed by atoms with Crippen LogP contribution in [0.1, 0.15) is 5.76 Å². The van der Waals surface area contributed by atoms with Crippen molar-refractivity contribution < 1.29 is 4.52 Å². The SMILES string of the molecule is Cc1cc(NS)no1. The summed E-state index contributed by atoms with van der Waals surface area (Å²) in [6.45, 7) is 1.82. The Kier molecular flexibility index (Phi) is 1.43. The van der Waals surface area contributed by atoms with Gasteiger partial charge in [0.15, 0.2) is 5.82 Å². The van der Waals surface area contributed by atoms with E-state index in [-0.39, 0.29) is 0 Å². The van der Waals surface area contributed by atoms with Crippen LogP contribution in [-0.4, -0.2) is 5.16 Å². The third kappa shape index (κ3) is 0.949. The van der Waals surface area contributed by atoms with Crippen LogP contribution in [-0.2, 0) is 0 Å². The summed E-state index contributed by atoms with van der Waals surface area (Å²) in [5.41, 5.74) is 0. The van der Waals surface area contributed by atoms with Gasteiger partial charge in [-0.1, -0.05) is 18.0 Å². The molecule has 0 saturated carbocycles. The molecule has 0 saturated heterocycles. The Hall–Kier alpha value is -0.640. The van der Waals surface area contributed by atoms with Gasteiger partial charge >= 0.3 is 0 Å². The first-order valence-electron chi connectivity index (χ1n) is 2.16. The first kappa shape index (κ1) is 5.50. The first-order valence-corrected chi connectivity index (χ1v) is 2.61. The normalized spacial score (nSPS) is 9.25. The Morgan fingerprint density at radius 2 is 2.62 bits per heavy atom. The molecular weight excluding hydrogens is 124 g/mol. The highest BCUT2D eigenvalue weighted by Gasteiger charge is 1.93. The highest BCUT2D eigenvalue weighted by atomic mass is 32.1. The van der Waals surface area contributed by atoms with Crippen molar-refractivity contribution in [2.24, 2.45) is 0 Å². The van der Waals surface area contributed by atoms with Crippen LogP contribution < -0.4 is 4.72 Å². The van der Waals surface area contributed by atoms with Crippen molar-refractivity contribution in [2.45, 2.75) is 6.92 Å². The maximum absolute atomic E-state index is 4.69. The molecule has 0 aliphatic rings. The second-order valence-electron chi connectivity index (χ2n) is 1.43. The maximum atomic E-state index is 4.69. The second-order valence-corrected chi connectivity index (χ2v) is 1.66. The predicted octanol–water partition coefficient (Wildman–Crippen LogP) is 1.24. The summed E-state index contributed by atoms with van der Waals surface area (Å²) >= 11 is 3.75. The third-order valence-corrected chi connectivity index (χ3v) is 0.972. The predicted molar refractivity (Wildman–Crippen MR) is 33.8 cm³/mol. The molecule has 1 heterocycles. The average molecular weight is 130 g/mol. The highest BCUT2D eigenvalue weighted by Crippen LogP contribution is 2.06. The van der Waals surface area contributed by atoms with Crippen LogP contribution in [0.25, 0.3) is 0 Å². The molecule has 0 aliphatic carbocycles. The van der Waals surface area contributed by atoms with Gasteiger partial charge in [0, 0.05) is 6.07 Å². The number of hydrogen-bond donors (Lipinski definition) is 2. The lowest BCUT2D eigenvalue weighted by Gasteiger charge is -1.81. The molecule has 1 rings (SSSR count). The zero-order valence-electron chi connectivity index (χ0n) is 4.38. The molecule has 0 unspecified atom stereocenters. The molecule has 8 heavy (non-hydrogen) atoms. The largest absolute Gasteiger partial charge is 0.360 e. The molecule has 0 amide bonds. The molecule has 44 valence electrons. The molecule has 1 aromatic rings. The first-order chi connectivity index (χ1) is 3.83. The third-order valence-electron chi connectivity index (χ3n) is 0.743. The van der Waals surface area contributed by atoms with Gasteiger partial charge in [0.05, 0.1) is 0 Å². The lowest BCUT2D eigenvalue weighted by atomic mass is 10.5. The van der Waals surface area contributed by atoms with Crippen LogP contribution in [0.15, 0.2) is 10.6 Å². The molecule has 0 fully saturated rings. The molecule has 0 aromatic carbocycles. The van der Waals surface area contributed by atoms with Gasteiger partial charge < -0.3 is 9.25 Å². The standard InChI is InChI=1S/C4H6N2OS/c1-3-2-4(6-8)5-7-3/h2,8H,1H3,(H,5,6). The summed E-state index contributed by atoms with van der Waals surface area (Å²) in [5, 5.41) is 3.57. The Balaban J connectivity index is 2.84. The number of nitrogens with one attached hydrogen (secondary N) is 1. The minimum atomic E-state index is 0.644. The van der Waals surface area contributed by atoms with Crippen molar-refractivity contribution in [1.82, 2.24) is 5.16 Å². The van der Waals surface area contributed by atoms with Crippen molar-refractivity contribution in [3.8, 4) is 0 Å². The second kappa shape index (κ2) is 2.09. The van der Waals surface area contributed by atoms with Gasteiger partial charge in [-0.25, -0.2) is 0 Å². The number of aryl methyl sites for hydroxylation is 1. The summed E-state index contributed by atoms with van der Waals surface area (Å²) in [4.78, 5) is 0. The fourth-order valence-electron chi connectivity index (χ4n) is 0.419. The van der Waals surface area contributed by atoms with Crippen molar-refractivity contribution in [1.29, 1.82) is 0 Å². The maximum Gasteiger partial charge on any atom is 0.179 e. The molecule has 0 radical (unpaired) electrons. The number of rotatable bonds is 1. The quantitative estimate of drug-likeness (QED) is 0.562. The van der Waals surface area contributed by atoms with Gasteiger partial charge in [0.1, 0.15) is 5.76 Å². The van der Waals surface area contributed by atoms with Crippen molar-refractivity contribution in [3.05, 3.63) is 11.8 Å². The minimum Gasteiger partial charge on any atom is -0.360 e. The summed E-state index contributed by atoms with van der Waals surface area (Å²) in [7, 11) is 0. The molecular formula is C4H6N2OS. The van der Waals surface area contributed by atoms with E-state index < -0.39 is 0 Å². The van der Waals surface area contributed by atoms with Crippen LogP contribution in [0.4, 0.5) is 5.82 Å². The summed E-state index contributed by atoms with van der Waals surface area (Å²) < 4.78 is 7.23. The molecule has 1 aromatic heterocycles. The number of thiol groups is 1. The Morgan fingerprint density at radius 1 is 1.88 bits per heavy atom. The zero-order valence-corrected chi connectivity index (χ0v) is 5.27. The highest BCUT2D eigenvalue weighted by molar-refractivity contribution is 7.81. The molecule has 4 heteroatoms. The van der Waals surface area contributed by atoms with Crippen LogP contribution in [0.5, 0.6) is 0 Å². The van der Waals surface area contributed by atoms with E-state index in [9.17, 15) is 0 Å². The van der Waals surface area contributed by atoms with E-state index >= 15 is 0 Å². The van der Waals surface area contributed by atoms with E-state index in [2.05, 4.69) is 22.7 Å². The van der Waals surface area contributed by atoms with Gasteiger partial charge in [0.2, 0.25) is 0 Å². The number of anilines is 1. The zero-order chi connectivity index (χ0) is 5.98. The molecule has 0 atom stereocenters. The lowest BCUT2D eigenvalue weighted by molar-refractivity contribution is 0.400. The van der Waals surface area contributed by atoms with Crippen LogP contribution >= 0.6 is 12.8 Å². The van der Waals surface area contributed by atoms with Gasteiger partial charge in [-0.2, -0.15) is 0 Å². The minimum absolute atomic E-state index is 0.644. The fraction of sp³-hybridized carbons (Fsp3) is 0.250. The van der Waals surface area contributed by atoms with E-state index in [1.54, 1.807) is 6.07 Å². The number of nitrogens with zero attached hydrogens (tertiary/aromatic N) is 1. The van der Waals surface area contributed by atoms with Crippen LogP contribution in [0, 0.1) is 6.92 Å². The summed E-state index contributed by atoms with van der Waals surface area (Å²) in [6.07, 6.45) is 0. The van der Waals surface area contributed by atoms with Crippen molar-refractivity contribution >= 4 is 18.6 Å². The van der Waals surface area contributed by atoms with Gasteiger partial charge in [-0.15, -0.1) is 0 Å². The molecule has 1 N–H and O–H groups in total. The van der Waals surface area contributed by atoms with Crippen LogP contribution in [0.3, 0.4) is 0 Å². The van der Waals surface area contributed by atoms with Gasteiger partial charge in [0.25, 0.3) is 0 Å². The Bertz CT molecular complexity index is 174. The Labute approximate surface area is 52.6 Å². The van der Waals surface area contributed by atoms with E-state index in [0.717, 1.165) is 5.76 Å². The average Bonchev–Trinajstić information content (AvgIpc) is 2.14. The number of hydrogen-bond acceptors (Lipinski definition) is 4. The van der Waals surface area contributed by atoms with E-state index in [0.29, 0.717) is 5.82 Å². The fourth-order valence-corrected chi connectivity index (χ4v) is 0.524. The van der Waals surface area contributed by atoms with Crippen molar-refractivity contribution in [3.63, 3.8) is 0 Å². The Morgan fingerprint density at radius 3 is 2.88 bits per heavy atom. The monoisotopic (exact) mass is 130 g/mol. The number of aromatic nitrogens is 1.